The van der Waals surface area contributed by atoms with E-state index in [1.54, 1.807) is 0 Å². The monoisotopic (exact) mass is 482 g/mol. The van der Waals surface area contributed by atoms with Crippen LogP contribution >= 0.6 is 0 Å². The first-order valence-corrected chi connectivity index (χ1v) is 11.7. The number of ether oxygens (including phenoxy) is 2. The molecule has 1 aliphatic carbocycles. The highest BCUT2D eigenvalue weighted by Crippen LogP contribution is 2.44. The van der Waals surface area contributed by atoms with Crippen LogP contribution in [0, 0.1) is 0 Å². The minimum atomic E-state index is -1.14. The van der Waals surface area contributed by atoms with E-state index in [9.17, 15) is 24.6 Å². The van der Waals surface area contributed by atoms with E-state index in [1.165, 1.54) is 0 Å². The zero-order valence-corrected chi connectivity index (χ0v) is 19.4. The van der Waals surface area contributed by atoms with Crippen LogP contribution in [0.2, 0.25) is 0 Å². The Bertz CT molecular complexity index is 1040. The molecule has 35 heavy (non-hydrogen) atoms. The highest BCUT2D eigenvalue weighted by Gasteiger charge is 2.36. The van der Waals surface area contributed by atoms with Crippen molar-refractivity contribution in [1.82, 2.24) is 10.6 Å². The van der Waals surface area contributed by atoms with Gasteiger partial charge in [-0.1, -0.05) is 48.5 Å². The van der Waals surface area contributed by atoms with E-state index in [-0.39, 0.29) is 31.9 Å². The maximum Gasteiger partial charge on any atom is 0.407 e. The van der Waals surface area contributed by atoms with Gasteiger partial charge < -0.3 is 30.3 Å². The summed E-state index contributed by atoms with van der Waals surface area (Å²) in [6.45, 7) is 0.703. The van der Waals surface area contributed by atoms with Crippen molar-refractivity contribution in [2.24, 2.45) is 0 Å². The Morgan fingerprint density at radius 1 is 1.03 bits per heavy atom. The van der Waals surface area contributed by atoms with E-state index in [1.807, 2.05) is 36.4 Å². The summed E-state index contributed by atoms with van der Waals surface area (Å²) in [5.41, 5.74) is 3.57. The van der Waals surface area contributed by atoms with Crippen molar-refractivity contribution < 1.29 is 34.1 Å². The number of aliphatic hydroxyl groups excluding tert-OH is 1. The van der Waals surface area contributed by atoms with Gasteiger partial charge >= 0.3 is 12.1 Å². The van der Waals surface area contributed by atoms with E-state index in [2.05, 4.69) is 22.8 Å². The van der Waals surface area contributed by atoms with Crippen molar-refractivity contribution >= 4 is 18.0 Å². The van der Waals surface area contributed by atoms with Crippen molar-refractivity contribution in [3.63, 3.8) is 0 Å². The summed E-state index contributed by atoms with van der Waals surface area (Å²) >= 11 is 0. The van der Waals surface area contributed by atoms with Crippen LogP contribution < -0.4 is 10.6 Å². The van der Waals surface area contributed by atoms with Gasteiger partial charge in [0.05, 0.1) is 24.5 Å². The van der Waals surface area contributed by atoms with E-state index in [0.29, 0.717) is 26.1 Å². The average Bonchev–Trinajstić information content (AvgIpc) is 3.15. The lowest BCUT2D eigenvalue weighted by molar-refractivity contribution is -0.140. The minimum absolute atomic E-state index is 0.0752. The number of carbonyl (C=O) groups excluding carboxylic acids is 2. The third kappa shape index (κ3) is 5.98. The van der Waals surface area contributed by atoms with Crippen molar-refractivity contribution in [3.8, 4) is 11.1 Å². The second-order valence-electron chi connectivity index (χ2n) is 9.08. The average molecular weight is 483 g/mol. The maximum atomic E-state index is 12.4. The molecule has 0 saturated carbocycles. The molecule has 0 bridgehead atoms. The standard InChI is InChI=1S/C26H30N2O7/c29-17(13-23(30)28-26(14-24(31)32)9-11-34-12-10-26)15-27-25(33)35-16-22-20-7-3-1-5-18(20)19-6-2-4-8-21(19)22/h1-8,17,22,29H,9-16H2,(H,27,33)(H,28,30)(H,31,32). The number of amides is 2. The highest BCUT2D eigenvalue weighted by molar-refractivity contribution is 5.80. The molecule has 0 spiro atoms. The smallest absolute Gasteiger partial charge is 0.407 e. The quantitative estimate of drug-likeness (QED) is 0.431. The van der Waals surface area contributed by atoms with Gasteiger partial charge in [0.15, 0.2) is 0 Å². The lowest BCUT2D eigenvalue weighted by atomic mass is 9.86. The fraction of sp³-hybridized carbons (Fsp3) is 0.423. The molecule has 1 fully saturated rings. The van der Waals surface area contributed by atoms with Crippen LogP contribution in [0.25, 0.3) is 11.1 Å². The van der Waals surface area contributed by atoms with Crippen LogP contribution in [0.3, 0.4) is 0 Å². The van der Waals surface area contributed by atoms with Crippen LogP contribution in [0.5, 0.6) is 0 Å². The molecule has 1 heterocycles. The number of carboxylic acid groups (broad SMARTS) is 1. The summed E-state index contributed by atoms with van der Waals surface area (Å²) in [4.78, 5) is 36.0. The molecule has 2 aliphatic rings. The second kappa shape index (κ2) is 10.9. The van der Waals surface area contributed by atoms with Crippen molar-refractivity contribution in [3.05, 3.63) is 59.7 Å². The number of hydrogen-bond donors (Lipinski definition) is 4. The zero-order chi connectivity index (χ0) is 24.8. The predicted octanol–water partition coefficient (Wildman–Crippen LogP) is 2.42. The summed E-state index contributed by atoms with van der Waals surface area (Å²) in [6.07, 6.45) is -1.53. The van der Waals surface area contributed by atoms with Crippen LogP contribution in [0.4, 0.5) is 4.79 Å². The third-order valence-electron chi connectivity index (χ3n) is 6.59. The van der Waals surface area contributed by atoms with E-state index < -0.39 is 29.6 Å². The van der Waals surface area contributed by atoms with E-state index in [4.69, 9.17) is 9.47 Å². The third-order valence-corrected chi connectivity index (χ3v) is 6.59. The molecule has 2 aromatic rings. The van der Waals surface area contributed by atoms with Gasteiger partial charge in [-0.3, -0.25) is 9.59 Å². The molecule has 0 radical (unpaired) electrons. The van der Waals surface area contributed by atoms with Gasteiger partial charge in [-0.2, -0.15) is 0 Å². The number of nitrogens with one attached hydrogen (secondary N) is 2. The summed E-state index contributed by atoms with van der Waals surface area (Å²) in [5.74, 6) is -1.56. The van der Waals surface area contributed by atoms with Gasteiger partial charge in [0.2, 0.25) is 5.91 Å². The molecular weight excluding hydrogens is 452 g/mol. The van der Waals surface area contributed by atoms with Crippen LogP contribution in [-0.2, 0) is 19.1 Å². The van der Waals surface area contributed by atoms with Gasteiger partial charge in [0.25, 0.3) is 0 Å². The zero-order valence-electron chi connectivity index (χ0n) is 19.4. The largest absolute Gasteiger partial charge is 0.481 e. The van der Waals surface area contributed by atoms with Gasteiger partial charge in [-0.05, 0) is 35.1 Å². The van der Waals surface area contributed by atoms with Crippen molar-refractivity contribution in [2.75, 3.05) is 26.4 Å². The Kier molecular flexibility index (Phi) is 7.67. The molecule has 4 rings (SSSR count). The molecule has 4 N–H and O–H groups in total. The van der Waals surface area contributed by atoms with Crippen molar-refractivity contribution in [1.29, 1.82) is 0 Å². The highest BCUT2D eigenvalue weighted by atomic mass is 16.5. The minimum Gasteiger partial charge on any atom is -0.481 e. The Hall–Kier alpha value is -3.43. The maximum absolute atomic E-state index is 12.4. The molecule has 1 unspecified atom stereocenters. The molecule has 0 aromatic heterocycles. The van der Waals surface area contributed by atoms with Crippen molar-refractivity contribution in [2.45, 2.75) is 43.2 Å². The van der Waals surface area contributed by atoms with E-state index >= 15 is 0 Å². The predicted molar refractivity (Wildman–Crippen MR) is 127 cm³/mol. The summed E-state index contributed by atoms with van der Waals surface area (Å²) in [7, 11) is 0. The summed E-state index contributed by atoms with van der Waals surface area (Å²) < 4.78 is 10.7. The van der Waals surface area contributed by atoms with Gasteiger partial charge in [-0.25, -0.2) is 4.79 Å². The molecular formula is C26H30N2O7. The van der Waals surface area contributed by atoms with Gasteiger partial charge in [-0.15, -0.1) is 0 Å². The number of rotatable bonds is 9. The number of alkyl carbamates (subject to hydrolysis) is 1. The summed E-state index contributed by atoms with van der Waals surface area (Å²) in [5, 5.41) is 24.7. The number of carbonyl (C=O) groups is 3. The molecule has 2 amide bonds. The SMILES string of the molecule is O=C(O)CC1(NC(=O)CC(O)CNC(=O)OCC2c3ccccc3-c3ccccc32)CCOCC1. The van der Waals surface area contributed by atoms with E-state index in [0.717, 1.165) is 22.3 Å². The number of aliphatic carboxylic acids is 1. The topological polar surface area (TPSA) is 134 Å². The number of carboxylic acids is 1. The first-order chi connectivity index (χ1) is 16.9. The lowest BCUT2D eigenvalue weighted by Crippen LogP contribution is -2.54. The first-order valence-electron chi connectivity index (χ1n) is 11.7. The Balaban J connectivity index is 1.25. The fourth-order valence-corrected chi connectivity index (χ4v) is 4.88. The molecule has 1 aliphatic heterocycles. The number of benzene rings is 2. The molecule has 1 atom stereocenters. The number of hydrogen-bond acceptors (Lipinski definition) is 6. The van der Waals surface area contributed by atoms with Crippen LogP contribution in [-0.4, -0.2) is 66.2 Å². The fourth-order valence-electron chi connectivity index (χ4n) is 4.88. The van der Waals surface area contributed by atoms with Gasteiger partial charge in [0, 0.05) is 25.7 Å². The molecule has 186 valence electrons. The number of fused-ring (bicyclic) bond motifs is 3. The Morgan fingerprint density at radius 3 is 2.23 bits per heavy atom. The van der Waals surface area contributed by atoms with Crippen LogP contribution in [0.15, 0.2) is 48.5 Å². The molecule has 2 aromatic carbocycles. The lowest BCUT2D eigenvalue weighted by Gasteiger charge is -2.37. The Morgan fingerprint density at radius 2 is 1.63 bits per heavy atom. The first kappa shape index (κ1) is 24.7. The molecule has 9 heteroatoms. The normalized spacial score (nSPS) is 17.1. The molecule has 9 nitrogen and oxygen atoms in total. The van der Waals surface area contributed by atoms with Crippen LogP contribution in [0.1, 0.15) is 42.7 Å². The Labute approximate surface area is 203 Å². The summed E-state index contributed by atoms with van der Waals surface area (Å²) in [6, 6.07) is 16.0. The molecule has 1 saturated heterocycles. The number of aliphatic hydroxyl groups is 1. The van der Waals surface area contributed by atoms with Gasteiger partial charge in [0.1, 0.15) is 6.61 Å². The second-order valence-corrected chi connectivity index (χ2v) is 9.08.